The molecule has 1 aliphatic carbocycles. The lowest BCUT2D eigenvalue weighted by molar-refractivity contribution is -0.138. The molecule has 1 saturated carbocycles. The number of nitrogens with zero attached hydrogens (tertiary/aromatic N) is 2. The molecule has 1 rings (SSSR count). The number of nitrogens with one attached hydrogen (secondary N) is 2. The predicted molar refractivity (Wildman–Crippen MR) is 104 cm³/mol. The molecule has 6 nitrogen and oxygen atoms in total. The summed E-state index contributed by atoms with van der Waals surface area (Å²) in [4.78, 5) is 19.1. The largest absolute Gasteiger partial charge is 0.381 e. The predicted octanol–water partition coefficient (Wildman–Crippen LogP) is 2.40. The Morgan fingerprint density at radius 1 is 1.12 bits per heavy atom. The van der Waals surface area contributed by atoms with Crippen LogP contribution in [0.15, 0.2) is 4.99 Å². The molecule has 146 valence electrons. The van der Waals surface area contributed by atoms with Gasteiger partial charge in [0, 0.05) is 40.4 Å². The minimum Gasteiger partial charge on any atom is -0.381 e. The van der Waals surface area contributed by atoms with E-state index in [9.17, 15) is 4.79 Å². The van der Waals surface area contributed by atoms with Crippen molar-refractivity contribution in [3.8, 4) is 0 Å². The molecule has 0 bridgehead atoms. The Balaban J connectivity index is 2.48. The van der Waals surface area contributed by atoms with Crippen LogP contribution in [0.3, 0.4) is 0 Å². The van der Waals surface area contributed by atoms with Crippen molar-refractivity contribution in [2.75, 3.05) is 46.9 Å². The van der Waals surface area contributed by atoms with Crippen molar-refractivity contribution in [2.45, 2.75) is 58.8 Å². The maximum Gasteiger partial charge on any atom is 0.230 e. The highest BCUT2D eigenvalue weighted by atomic mass is 16.5. The van der Waals surface area contributed by atoms with Gasteiger partial charge in [0.2, 0.25) is 5.91 Å². The molecular formula is C19H38N4O2. The zero-order valence-electron chi connectivity index (χ0n) is 16.7. The van der Waals surface area contributed by atoms with Crippen LogP contribution >= 0.6 is 0 Å². The summed E-state index contributed by atoms with van der Waals surface area (Å²) in [7, 11) is 3.68. The van der Waals surface area contributed by atoms with Crippen LogP contribution in [-0.4, -0.2) is 63.7 Å². The third-order valence-corrected chi connectivity index (χ3v) is 4.70. The molecule has 0 atom stereocenters. The molecule has 0 spiro atoms. The minimum absolute atomic E-state index is 0.217. The van der Waals surface area contributed by atoms with Crippen LogP contribution in [0.2, 0.25) is 0 Å². The molecule has 1 aliphatic rings. The summed E-state index contributed by atoms with van der Waals surface area (Å²) < 4.78 is 5.58. The highest BCUT2D eigenvalue weighted by molar-refractivity contribution is 5.84. The smallest absolute Gasteiger partial charge is 0.230 e. The molecule has 0 unspecified atom stereocenters. The lowest BCUT2D eigenvalue weighted by Crippen LogP contribution is -2.43. The van der Waals surface area contributed by atoms with E-state index in [2.05, 4.69) is 24.5 Å². The normalized spacial score (nSPS) is 16.7. The fraction of sp³-hybridized carbons (Fsp3) is 0.895. The second kappa shape index (κ2) is 12.1. The van der Waals surface area contributed by atoms with E-state index < -0.39 is 0 Å². The van der Waals surface area contributed by atoms with E-state index in [1.54, 1.807) is 4.90 Å². The van der Waals surface area contributed by atoms with E-state index in [-0.39, 0.29) is 11.3 Å². The minimum atomic E-state index is -0.310. The van der Waals surface area contributed by atoms with Crippen molar-refractivity contribution in [3.63, 3.8) is 0 Å². The van der Waals surface area contributed by atoms with Crippen molar-refractivity contribution in [2.24, 2.45) is 10.4 Å². The molecule has 0 heterocycles. The average molecular weight is 355 g/mol. The highest BCUT2D eigenvalue weighted by Crippen LogP contribution is 2.39. The van der Waals surface area contributed by atoms with Crippen molar-refractivity contribution in [1.29, 1.82) is 0 Å². The molecule has 2 N–H and O–H groups in total. The Morgan fingerprint density at radius 2 is 1.80 bits per heavy atom. The fourth-order valence-corrected chi connectivity index (χ4v) is 3.27. The third-order valence-electron chi connectivity index (χ3n) is 4.70. The maximum absolute atomic E-state index is 12.6. The first-order valence-electron chi connectivity index (χ1n) is 9.87. The van der Waals surface area contributed by atoms with Crippen molar-refractivity contribution in [3.05, 3.63) is 0 Å². The van der Waals surface area contributed by atoms with Gasteiger partial charge in [-0.2, -0.15) is 0 Å². The first-order chi connectivity index (χ1) is 12.1. The summed E-state index contributed by atoms with van der Waals surface area (Å²) in [5.41, 5.74) is -0.310. The number of rotatable bonds is 11. The lowest BCUT2D eigenvalue weighted by Gasteiger charge is -2.29. The topological polar surface area (TPSA) is 66.0 Å². The summed E-state index contributed by atoms with van der Waals surface area (Å²) in [6.45, 7) is 8.05. The number of unbranched alkanes of at least 4 members (excludes halogenated alkanes) is 1. The van der Waals surface area contributed by atoms with E-state index in [0.717, 1.165) is 70.8 Å². The summed E-state index contributed by atoms with van der Waals surface area (Å²) in [6, 6.07) is 0. The van der Waals surface area contributed by atoms with Gasteiger partial charge in [0.05, 0.1) is 12.0 Å². The fourth-order valence-electron chi connectivity index (χ4n) is 3.27. The average Bonchev–Trinajstić information content (AvgIpc) is 3.08. The van der Waals surface area contributed by atoms with Crippen LogP contribution in [0.4, 0.5) is 0 Å². The first-order valence-corrected chi connectivity index (χ1v) is 9.87. The van der Waals surface area contributed by atoms with Gasteiger partial charge in [-0.25, -0.2) is 0 Å². The van der Waals surface area contributed by atoms with E-state index in [1.807, 2.05) is 14.1 Å². The second-order valence-electron chi connectivity index (χ2n) is 7.13. The number of hydrogen-bond acceptors (Lipinski definition) is 3. The Kier molecular flexibility index (Phi) is 10.5. The molecule has 0 aromatic rings. The van der Waals surface area contributed by atoms with E-state index in [0.29, 0.717) is 6.54 Å². The quantitative estimate of drug-likeness (QED) is 0.340. The van der Waals surface area contributed by atoms with Gasteiger partial charge in [-0.05, 0) is 32.6 Å². The molecule has 1 amide bonds. The van der Waals surface area contributed by atoms with Gasteiger partial charge in [-0.1, -0.05) is 26.2 Å². The monoisotopic (exact) mass is 354 g/mol. The van der Waals surface area contributed by atoms with Gasteiger partial charge < -0.3 is 20.3 Å². The molecule has 0 aliphatic heterocycles. The van der Waals surface area contributed by atoms with Crippen molar-refractivity contribution < 1.29 is 9.53 Å². The first kappa shape index (κ1) is 21.7. The van der Waals surface area contributed by atoms with Gasteiger partial charge in [0.1, 0.15) is 0 Å². The van der Waals surface area contributed by atoms with Gasteiger partial charge in [0.15, 0.2) is 5.96 Å². The second-order valence-corrected chi connectivity index (χ2v) is 7.13. The molecule has 1 fully saturated rings. The number of amides is 1. The number of ether oxygens (including phenoxy) is 1. The molecule has 25 heavy (non-hydrogen) atoms. The van der Waals surface area contributed by atoms with Crippen LogP contribution in [0.1, 0.15) is 58.8 Å². The number of carbonyl (C=O) groups excluding carboxylic acids is 1. The van der Waals surface area contributed by atoms with Crippen molar-refractivity contribution >= 4 is 11.9 Å². The summed E-state index contributed by atoms with van der Waals surface area (Å²) in [5, 5.41) is 6.63. The number of aliphatic imine (C=N–C) groups is 1. The Morgan fingerprint density at radius 3 is 2.40 bits per heavy atom. The standard InChI is InChI=1S/C19H38N4O2/c1-5-7-14-25-15-10-13-21-18(20-6-2)22-16-19(11-8-9-12-19)17(24)23(3)4/h5-16H2,1-4H3,(H2,20,21,22). The third kappa shape index (κ3) is 7.63. The molecule has 0 aromatic heterocycles. The summed E-state index contributed by atoms with van der Waals surface area (Å²) >= 11 is 0. The number of guanidine groups is 1. The van der Waals surface area contributed by atoms with Crippen LogP contribution in [0.5, 0.6) is 0 Å². The van der Waals surface area contributed by atoms with Gasteiger partial charge in [-0.15, -0.1) is 0 Å². The number of carbonyl (C=O) groups is 1. The lowest BCUT2D eigenvalue weighted by atomic mass is 9.85. The molecule has 0 saturated heterocycles. The van der Waals surface area contributed by atoms with Gasteiger partial charge >= 0.3 is 0 Å². The summed E-state index contributed by atoms with van der Waals surface area (Å²) in [5.74, 6) is 1.02. The van der Waals surface area contributed by atoms with Gasteiger partial charge in [-0.3, -0.25) is 9.79 Å². The maximum atomic E-state index is 12.6. The highest BCUT2D eigenvalue weighted by Gasteiger charge is 2.41. The van der Waals surface area contributed by atoms with Crippen molar-refractivity contribution in [1.82, 2.24) is 15.5 Å². The van der Waals surface area contributed by atoms with E-state index >= 15 is 0 Å². The molecular weight excluding hydrogens is 316 g/mol. The Labute approximate surface area is 153 Å². The Bertz CT molecular complexity index is 404. The zero-order valence-corrected chi connectivity index (χ0v) is 16.7. The Hall–Kier alpha value is -1.30. The molecule has 0 aromatic carbocycles. The summed E-state index contributed by atoms with van der Waals surface area (Å²) in [6.07, 6.45) is 7.37. The van der Waals surface area contributed by atoms with E-state index in [1.165, 1.54) is 6.42 Å². The van der Waals surface area contributed by atoms with Crippen LogP contribution in [-0.2, 0) is 9.53 Å². The van der Waals surface area contributed by atoms with Crippen LogP contribution in [0, 0.1) is 5.41 Å². The van der Waals surface area contributed by atoms with Gasteiger partial charge in [0.25, 0.3) is 0 Å². The number of hydrogen-bond donors (Lipinski definition) is 2. The van der Waals surface area contributed by atoms with Crippen LogP contribution < -0.4 is 10.6 Å². The SMILES string of the molecule is CCCCOCCCNC(=NCC1(C(=O)N(C)C)CCCC1)NCC. The zero-order chi connectivity index (χ0) is 18.5. The molecule has 6 heteroatoms. The van der Waals surface area contributed by atoms with Crippen LogP contribution in [0.25, 0.3) is 0 Å². The molecule has 0 radical (unpaired) electrons. The van der Waals surface area contributed by atoms with E-state index in [4.69, 9.17) is 9.73 Å².